The van der Waals surface area contributed by atoms with Crippen LogP contribution in [0.5, 0.6) is 0 Å². The Morgan fingerprint density at radius 2 is 1.81 bits per heavy atom. The summed E-state index contributed by atoms with van der Waals surface area (Å²) in [6, 6.07) is 8.44. The van der Waals surface area contributed by atoms with Gasteiger partial charge < -0.3 is 4.57 Å². The summed E-state index contributed by atoms with van der Waals surface area (Å²) in [4.78, 5) is 43.3. The number of fused-ring (bicyclic) bond motifs is 1. The minimum Gasteiger partial charge on any atom is -0.332 e. The van der Waals surface area contributed by atoms with Crippen LogP contribution < -0.4 is 11.2 Å². The summed E-state index contributed by atoms with van der Waals surface area (Å²) in [6.45, 7) is 0. The number of hydrogen-bond donors (Lipinski definition) is 0. The second-order valence-corrected chi connectivity index (χ2v) is 4.44. The number of rotatable bonds is 2. The van der Waals surface area contributed by atoms with Gasteiger partial charge in [0.2, 0.25) is 0 Å². The van der Waals surface area contributed by atoms with Crippen LogP contribution in [0.4, 0.5) is 0 Å². The number of carbonyl (C=O) groups is 1. The zero-order valence-electron chi connectivity index (χ0n) is 11.1. The molecule has 0 atom stereocenters. The standard InChI is InChI=1S/C14H10N4O3/c1-17-7-9(8-19)15-11-12(17)16-14(21)18(13(11)20)10-5-3-2-4-6-10/h2-8H,1H3. The summed E-state index contributed by atoms with van der Waals surface area (Å²) >= 11 is 0. The van der Waals surface area contributed by atoms with Gasteiger partial charge in [-0.25, -0.2) is 14.3 Å². The number of aldehydes is 1. The molecule has 0 aromatic heterocycles. The molecular formula is C14H10N4O3. The largest absolute Gasteiger partial charge is 0.357 e. The molecule has 7 heteroatoms. The van der Waals surface area contributed by atoms with Crippen LogP contribution in [0, 0.1) is 0 Å². The maximum atomic E-state index is 12.5. The molecule has 0 amide bonds. The van der Waals surface area contributed by atoms with Gasteiger partial charge >= 0.3 is 5.69 Å². The molecule has 21 heavy (non-hydrogen) atoms. The molecule has 7 nitrogen and oxygen atoms in total. The smallest absolute Gasteiger partial charge is 0.332 e. The predicted molar refractivity (Wildman–Crippen MR) is 74.9 cm³/mol. The van der Waals surface area contributed by atoms with Crippen LogP contribution in [0.2, 0.25) is 0 Å². The van der Waals surface area contributed by atoms with Crippen molar-refractivity contribution in [1.82, 2.24) is 19.1 Å². The Morgan fingerprint density at radius 3 is 2.48 bits per heavy atom. The lowest BCUT2D eigenvalue weighted by Crippen LogP contribution is -2.37. The Hall–Kier alpha value is -3.09. The van der Waals surface area contributed by atoms with E-state index in [1.54, 1.807) is 37.4 Å². The molecular weight excluding hydrogens is 272 g/mol. The lowest BCUT2D eigenvalue weighted by molar-refractivity contribution is 0.111. The Morgan fingerprint density at radius 1 is 1.10 bits per heavy atom. The highest BCUT2D eigenvalue weighted by atomic mass is 16.2. The highest BCUT2D eigenvalue weighted by Crippen LogP contribution is 2.11. The molecule has 1 aromatic rings. The molecule has 3 rings (SSSR count). The molecule has 0 fully saturated rings. The lowest BCUT2D eigenvalue weighted by Gasteiger charge is -2.11. The van der Waals surface area contributed by atoms with Crippen molar-refractivity contribution in [3.05, 3.63) is 63.1 Å². The second-order valence-electron chi connectivity index (χ2n) is 4.44. The molecule has 2 heterocycles. The van der Waals surface area contributed by atoms with Crippen molar-refractivity contribution in [1.29, 1.82) is 0 Å². The fourth-order valence-corrected chi connectivity index (χ4v) is 2.10. The Labute approximate surface area is 118 Å². The summed E-state index contributed by atoms with van der Waals surface area (Å²) in [5, 5.41) is 0. The van der Waals surface area contributed by atoms with E-state index in [2.05, 4.69) is 9.97 Å². The lowest BCUT2D eigenvalue weighted by atomic mass is 10.3. The number of hydrogen-bond acceptors (Lipinski definition) is 5. The summed E-state index contributed by atoms with van der Waals surface area (Å²) in [7, 11) is 1.59. The first-order valence-electron chi connectivity index (χ1n) is 6.13. The van der Waals surface area contributed by atoms with Gasteiger partial charge in [-0.05, 0) is 12.1 Å². The van der Waals surface area contributed by atoms with Gasteiger partial charge in [0, 0.05) is 13.2 Å². The van der Waals surface area contributed by atoms with Crippen LogP contribution in [0.3, 0.4) is 0 Å². The summed E-state index contributed by atoms with van der Waals surface area (Å²) in [5.41, 5.74) is -0.805. The van der Waals surface area contributed by atoms with Crippen molar-refractivity contribution in [3.63, 3.8) is 0 Å². The number of aromatic nitrogens is 4. The van der Waals surface area contributed by atoms with Gasteiger partial charge in [-0.3, -0.25) is 9.59 Å². The third kappa shape index (κ3) is 2.04. The SMILES string of the molecule is Cn1cc(C=O)nc2c(=O)n(-c3ccccc3)c(=O)nc1-2. The highest BCUT2D eigenvalue weighted by Gasteiger charge is 2.19. The summed E-state index contributed by atoms with van der Waals surface area (Å²) in [5.74, 6) is 0.141. The summed E-state index contributed by atoms with van der Waals surface area (Å²) in [6.07, 6.45) is 1.95. The molecule has 0 spiro atoms. The predicted octanol–water partition coefficient (Wildman–Crippen LogP) is 0.244. The van der Waals surface area contributed by atoms with E-state index in [1.165, 1.54) is 10.8 Å². The Kier molecular flexibility index (Phi) is 2.94. The second kappa shape index (κ2) is 4.78. The first kappa shape index (κ1) is 12.9. The van der Waals surface area contributed by atoms with Crippen molar-refractivity contribution in [3.8, 4) is 17.2 Å². The zero-order valence-corrected chi connectivity index (χ0v) is 11.1. The third-order valence-corrected chi connectivity index (χ3v) is 3.05. The van der Waals surface area contributed by atoms with E-state index < -0.39 is 11.2 Å². The first-order valence-corrected chi connectivity index (χ1v) is 6.13. The van der Waals surface area contributed by atoms with Crippen LogP contribution >= 0.6 is 0 Å². The van der Waals surface area contributed by atoms with Crippen LogP contribution in [0.15, 0.2) is 46.1 Å². The topological polar surface area (TPSA) is 86.9 Å². The molecule has 104 valence electrons. The molecule has 1 aromatic carbocycles. The van der Waals surface area contributed by atoms with E-state index in [9.17, 15) is 14.4 Å². The van der Waals surface area contributed by atoms with Gasteiger partial charge in [-0.15, -0.1) is 0 Å². The third-order valence-electron chi connectivity index (χ3n) is 3.05. The number of carbonyl (C=O) groups excluding carboxylic acids is 1. The highest BCUT2D eigenvalue weighted by molar-refractivity contribution is 5.73. The molecule has 0 radical (unpaired) electrons. The number of nitrogens with zero attached hydrogens (tertiary/aromatic N) is 4. The fraction of sp³-hybridized carbons (Fsp3) is 0.0714. The Bertz CT molecular complexity index is 912. The average Bonchev–Trinajstić information content (AvgIpc) is 2.49. The fourth-order valence-electron chi connectivity index (χ4n) is 2.10. The molecule has 0 bridgehead atoms. The van der Waals surface area contributed by atoms with Crippen LogP contribution in [-0.4, -0.2) is 25.4 Å². The van der Waals surface area contributed by atoms with Gasteiger partial charge in [0.25, 0.3) is 5.56 Å². The van der Waals surface area contributed by atoms with Crippen LogP contribution in [0.1, 0.15) is 10.5 Å². The maximum Gasteiger partial charge on any atom is 0.357 e. The molecule has 2 aliphatic rings. The molecule has 0 saturated heterocycles. The van der Waals surface area contributed by atoms with Gasteiger partial charge in [0.1, 0.15) is 5.69 Å². The number of aryl methyl sites for hydroxylation is 1. The van der Waals surface area contributed by atoms with Gasteiger partial charge in [-0.2, -0.15) is 4.98 Å². The normalized spacial score (nSPS) is 10.7. The monoisotopic (exact) mass is 282 g/mol. The van der Waals surface area contributed by atoms with Crippen molar-refractivity contribution < 1.29 is 4.79 Å². The van der Waals surface area contributed by atoms with E-state index in [-0.39, 0.29) is 17.2 Å². The first-order chi connectivity index (χ1) is 10.1. The minimum atomic E-state index is -0.685. The number of para-hydroxylation sites is 1. The molecule has 0 unspecified atom stereocenters. The quantitative estimate of drug-likeness (QED) is 0.628. The summed E-state index contributed by atoms with van der Waals surface area (Å²) < 4.78 is 2.37. The van der Waals surface area contributed by atoms with Crippen LogP contribution in [0.25, 0.3) is 17.2 Å². The molecule has 0 saturated carbocycles. The van der Waals surface area contributed by atoms with Crippen molar-refractivity contribution in [2.75, 3.05) is 0 Å². The maximum absolute atomic E-state index is 12.5. The zero-order chi connectivity index (χ0) is 15.0. The van der Waals surface area contributed by atoms with E-state index >= 15 is 0 Å². The Balaban J connectivity index is 2.44. The number of benzene rings is 1. The van der Waals surface area contributed by atoms with Gasteiger partial charge in [0.05, 0.1) is 5.69 Å². The van der Waals surface area contributed by atoms with E-state index in [0.717, 1.165) is 4.57 Å². The van der Waals surface area contributed by atoms with Gasteiger partial charge in [0.15, 0.2) is 17.8 Å². The van der Waals surface area contributed by atoms with Gasteiger partial charge in [-0.1, -0.05) is 18.2 Å². The van der Waals surface area contributed by atoms with Crippen molar-refractivity contribution in [2.24, 2.45) is 7.05 Å². The average molecular weight is 282 g/mol. The molecule has 2 aliphatic heterocycles. The molecule has 0 N–H and O–H groups in total. The van der Waals surface area contributed by atoms with Crippen LogP contribution in [-0.2, 0) is 7.05 Å². The van der Waals surface area contributed by atoms with Crippen molar-refractivity contribution >= 4 is 6.29 Å². The van der Waals surface area contributed by atoms with Crippen molar-refractivity contribution in [2.45, 2.75) is 0 Å². The molecule has 0 aliphatic carbocycles. The minimum absolute atomic E-state index is 0.0226. The van der Waals surface area contributed by atoms with E-state index in [1.807, 2.05) is 0 Å². The van der Waals surface area contributed by atoms with E-state index in [4.69, 9.17) is 0 Å². The van der Waals surface area contributed by atoms with E-state index in [0.29, 0.717) is 12.0 Å².